The van der Waals surface area contributed by atoms with Crippen molar-refractivity contribution >= 4 is 5.91 Å². The monoisotopic (exact) mass is 841 g/mol. The van der Waals surface area contributed by atoms with Gasteiger partial charge in [0.05, 0.1) is 0 Å². The van der Waals surface area contributed by atoms with Crippen molar-refractivity contribution in [2.75, 3.05) is 6.54 Å². The van der Waals surface area contributed by atoms with Crippen molar-refractivity contribution in [3.05, 3.63) is 24.3 Å². The third-order valence-corrected chi connectivity index (χ3v) is 13.5. The minimum atomic E-state index is -0.169. The third-order valence-electron chi connectivity index (χ3n) is 13.5. The summed E-state index contributed by atoms with van der Waals surface area (Å²) < 4.78 is 0. The van der Waals surface area contributed by atoms with Crippen LogP contribution in [0.5, 0.6) is 0 Å². The summed E-state index contributed by atoms with van der Waals surface area (Å²) in [5.74, 6) is -0.169. The minimum Gasteiger partial charge on any atom is -0.370 e. The van der Waals surface area contributed by atoms with Gasteiger partial charge < -0.3 is 11.1 Å². The molecule has 0 atom stereocenters. The van der Waals surface area contributed by atoms with Crippen LogP contribution in [0.15, 0.2) is 24.3 Å². The van der Waals surface area contributed by atoms with Gasteiger partial charge in [-0.3, -0.25) is 4.79 Å². The maximum atomic E-state index is 11.8. The van der Waals surface area contributed by atoms with Crippen LogP contribution < -0.4 is 11.1 Å². The van der Waals surface area contributed by atoms with Crippen molar-refractivity contribution in [2.24, 2.45) is 5.73 Å². The van der Waals surface area contributed by atoms with E-state index in [0.717, 1.165) is 6.54 Å². The predicted octanol–water partition coefficient (Wildman–Crippen LogP) is 19.3. The number of amides is 1. The molecule has 0 aromatic carbocycles. The number of nitrogens with one attached hydrogen (secondary N) is 1. The highest BCUT2D eigenvalue weighted by atomic mass is 16.1. The Hall–Kier alpha value is -1.09. The molecule has 1 amide bonds. The summed E-state index contributed by atoms with van der Waals surface area (Å²) in [5, 5.41) is 4.00. The molecule has 0 saturated heterocycles. The maximum Gasteiger partial charge on any atom is 0.218 e. The maximum absolute atomic E-state index is 11.8. The lowest BCUT2D eigenvalue weighted by molar-refractivity contribution is -0.118. The first-order chi connectivity index (χ1) is 29.6. The van der Waals surface area contributed by atoms with Gasteiger partial charge in [-0.2, -0.15) is 0 Å². The summed E-state index contributed by atoms with van der Waals surface area (Å²) in [7, 11) is 0. The Kier molecular flexibility index (Phi) is 49.6. The molecule has 0 spiro atoms. The fraction of sp³-hybridized carbons (Fsp3) is 0.912. The molecule has 0 aromatic rings. The molecule has 0 bridgehead atoms. The SMILES string of the molecule is CCCCCCCC/C=C\CCCCCCCCC(CCCCCCCC/C=C\CCCCCCCC)(CCCCCCCCCCCCCCCCC)NCCC(N)=O. The highest BCUT2D eigenvalue weighted by Crippen LogP contribution is 2.30. The van der Waals surface area contributed by atoms with Gasteiger partial charge in [-0.15, -0.1) is 0 Å². The van der Waals surface area contributed by atoms with E-state index in [1.54, 1.807) is 0 Å². The lowest BCUT2D eigenvalue weighted by atomic mass is 9.81. The summed E-state index contributed by atoms with van der Waals surface area (Å²) >= 11 is 0. The van der Waals surface area contributed by atoms with Gasteiger partial charge in [0.1, 0.15) is 0 Å². The number of unbranched alkanes of at least 4 members (excludes halogenated alkanes) is 38. The summed E-state index contributed by atoms with van der Waals surface area (Å²) in [6, 6.07) is 0. The van der Waals surface area contributed by atoms with Crippen molar-refractivity contribution in [1.29, 1.82) is 0 Å². The molecule has 3 nitrogen and oxygen atoms in total. The molecular formula is C57H112N2O. The number of hydrogen-bond donors (Lipinski definition) is 2. The molecule has 0 unspecified atom stereocenters. The van der Waals surface area contributed by atoms with Gasteiger partial charge in [0, 0.05) is 18.5 Å². The number of nitrogens with two attached hydrogens (primary N) is 1. The van der Waals surface area contributed by atoms with Gasteiger partial charge in [-0.1, -0.05) is 270 Å². The largest absolute Gasteiger partial charge is 0.370 e. The number of hydrogen-bond acceptors (Lipinski definition) is 2. The van der Waals surface area contributed by atoms with Gasteiger partial charge in [-0.05, 0) is 70.6 Å². The van der Waals surface area contributed by atoms with Crippen LogP contribution in [0, 0.1) is 0 Å². The van der Waals surface area contributed by atoms with E-state index in [0.29, 0.717) is 6.42 Å². The molecule has 0 aromatic heterocycles. The quantitative estimate of drug-likeness (QED) is 0.0473. The Balaban J connectivity index is 4.67. The van der Waals surface area contributed by atoms with Crippen LogP contribution in [-0.2, 0) is 4.79 Å². The summed E-state index contributed by atoms with van der Waals surface area (Å²) in [5.41, 5.74) is 5.82. The predicted molar refractivity (Wildman–Crippen MR) is 272 cm³/mol. The average Bonchev–Trinajstić information content (AvgIpc) is 3.24. The molecule has 0 saturated carbocycles. The second kappa shape index (κ2) is 50.6. The molecule has 3 N–H and O–H groups in total. The van der Waals surface area contributed by atoms with Crippen LogP contribution in [0.3, 0.4) is 0 Å². The topological polar surface area (TPSA) is 55.1 Å². The van der Waals surface area contributed by atoms with E-state index >= 15 is 0 Å². The lowest BCUT2D eigenvalue weighted by Crippen LogP contribution is -2.46. The van der Waals surface area contributed by atoms with E-state index in [9.17, 15) is 4.79 Å². The van der Waals surface area contributed by atoms with E-state index in [4.69, 9.17) is 5.73 Å². The molecule has 0 heterocycles. The van der Waals surface area contributed by atoms with Crippen LogP contribution in [0.1, 0.15) is 323 Å². The van der Waals surface area contributed by atoms with Crippen molar-refractivity contribution in [3.63, 3.8) is 0 Å². The zero-order chi connectivity index (χ0) is 43.6. The van der Waals surface area contributed by atoms with E-state index in [2.05, 4.69) is 50.4 Å². The number of carbonyl (C=O) groups excluding carboxylic acids is 1. The molecule has 3 heteroatoms. The second-order valence-electron chi connectivity index (χ2n) is 19.5. The number of allylic oxidation sites excluding steroid dienone is 4. The van der Waals surface area contributed by atoms with Crippen molar-refractivity contribution in [1.82, 2.24) is 5.32 Å². The lowest BCUT2D eigenvalue weighted by Gasteiger charge is -2.36. The van der Waals surface area contributed by atoms with E-state index in [1.165, 1.54) is 295 Å². The highest BCUT2D eigenvalue weighted by molar-refractivity contribution is 5.73. The first-order valence-electron chi connectivity index (χ1n) is 27.9. The molecule has 0 aliphatic rings. The smallest absolute Gasteiger partial charge is 0.218 e. The van der Waals surface area contributed by atoms with Crippen molar-refractivity contribution < 1.29 is 4.79 Å². The van der Waals surface area contributed by atoms with Gasteiger partial charge in [0.25, 0.3) is 0 Å². The minimum absolute atomic E-state index is 0.169. The molecule has 356 valence electrons. The van der Waals surface area contributed by atoms with Crippen LogP contribution >= 0.6 is 0 Å². The Morgan fingerprint density at radius 1 is 0.350 bits per heavy atom. The third kappa shape index (κ3) is 46.4. The van der Waals surface area contributed by atoms with E-state index in [1.807, 2.05) is 0 Å². The van der Waals surface area contributed by atoms with Gasteiger partial charge in [0.2, 0.25) is 5.91 Å². The molecule has 0 aliphatic carbocycles. The normalized spacial score (nSPS) is 12.2. The summed E-state index contributed by atoms with van der Waals surface area (Å²) in [4.78, 5) is 11.8. The van der Waals surface area contributed by atoms with Gasteiger partial charge in [0.15, 0.2) is 0 Å². The number of carbonyl (C=O) groups is 1. The Morgan fingerprint density at radius 2 is 0.567 bits per heavy atom. The Morgan fingerprint density at radius 3 is 0.800 bits per heavy atom. The zero-order valence-corrected chi connectivity index (χ0v) is 41.7. The Bertz CT molecular complexity index is 837. The number of primary amides is 1. The summed E-state index contributed by atoms with van der Waals surface area (Å²) in [6.45, 7) is 7.65. The fourth-order valence-corrected chi connectivity index (χ4v) is 9.35. The Labute approximate surface area is 379 Å². The molecule has 0 rings (SSSR count). The first-order valence-corrected chi connectivity index (χ1v) is 27.9. The summed E-state index contributed by atoms with van der Waals surface area (Å²) in [6.07, 6.45) is 73.3. The van der Waals surface area contributed by atoms with Crippen LogP contribution in [-0.4, -0.2) is 18.0 Å². The van der Waals surface area contributed by atoms with Crippen LogP contribution in [0.2, 0.25) is 0 Å². The van der Waals surface area contributed by atoms with Crippen molar-refractivity contribution in [2.45, 2.75) is 328 Å². The second-order valence-corrected chi connectivity index (χ2v) is 19.5. The van der Waals surface area contributed by atoms with Gasteiger partial charge in [-0.25, -0.2) is 0 Å². The highest BCUT2D eigenvalue weighted by Gasteiger charge is 2.28. The van der Waals surface area contributed by atoms with E-state index < -0.39 is 0 Å². The molecule has 0 fully saturated rings. The van der Waals surface area contributed by atoms with Crippen LogP contribution in [0.25, 0.3) is 0 Å². The fourth-order valence-electron chi connectivity index (χ4n) is 9.35. The zero-order valence-electron chi connectivity index (χ0n) is 41.7. The molecule has 60 heavy (non-hydrogen) atoms. The van der Waals surface area contributed by atoms with Gasteiger partial charge >= 0.3 is 0 Å². The molecule has 0 radical (unpaired) electrons. The standard InChI is InChI=1S/C57H112N2O/c1-4-7-10-13-16-19-22-25-28-31-34-37-40-43-46-49-53-57(59-55-51-56(58)60,52-48-45-42-39-36-33-30-27-24-21-18-15-12-9-6-3)54-50-47-44-41-38-35-32-29-26-23-20-17-14-11-8-5-2/h25-26,28-29,59H,4-24,27,30-55H2,1-3H3,(H2,58,60)/b28-25-,29-26-. The molecule has 0 aliphatic heterocycles. The average molecular weight is 842 g/mol. The first kappa shape index (κ1) is 58.9. The molecular weight excluding hydrogens is 729 g/mol. The van der Waals surface area contributed by atoms with Crippen LogP contribution in [0.4, 0.5) is 0 Å². The number of rotatable bonds is 52. The van der Waals surface area contributed by atoms with E-state index in [-0.39, 0.29) is 11.4 Å². The van der Waals surface area contributed by atoms with Crippen molar-refractivity contribution in [3.8, 4) is 0 Å².